The summed E-state index contributed by atoms with van der Waals surface area (Å²) in [6.45, 7) is 11.8. The number of rotatable bonds is 10. The normalized spacial score (nSPS) is 20.0. The molecule has 9 rings (SSSR count). The van der Waals surface area contributed by atoms with E-state index >= 15 is 0 Å². The molecule has 3 fully saturated rings. The summed E-state index contributed by atoms with van der Waals surface area (Å²) in [6, 6.07) is 16.5. The molecule has 3 saturated heterocycles. The van der Waals surface area contributed by atoms with Gasteiger partial charge in [0, 0.05) is 85.8 Å². The number of carbonyl (C=O) groups is 3. The molecule has 1 spiro atoms. The van der Waals surface area contributed by atoms with Gasteiger partial charge in [0.25, 0.3) is 0 Å². The van der Waals surface area contributed by atoms with Gasteiger partial charge >= 0.3 is 0 Å². The molecule has 3 amide bonds. The van der Waals surface area contributed by atoms with Crippen LogP contribution in [0.25, 0.3) is 21.9 Å². The quantitative estimate of drug-likeness (QED) is 0.109. The fourth-order valence-electron chi connectivity index (χ4n) is 9.38. The third-order valence-corrected chi connectivity index (χ3v) is 13.0. The summed E-state index contributed by atoms with van der Waals surface area (Å²) >= 11 is 0. The molecule has 314 valence electrons. The maximum Gasteiger partial charge on any atom is 0.237 e. The Hall–Kier alpha value is -6.30. The number of nitrogens with one attached hydrogen (secondary N) is 3. The number of fused-ring (bicyclic) bond motifs is 2. The van der Waals surface area contributed by atoms with Crippen molar-refractivity contribution in [3.05, 3.63) is 107 Å². The van der Waals surface area contributed by atoms with Gasteiger partial charge in [-0.2, -0.15) is 0 Å². The van der Waals surface area contributed by atoms with Gasteiger partial charge in [0.1, 0.15) is 18.1 Å². The lowest BCUT2D eigenvalue weighted by molar-refractivity contribution is -0.135. The summed E-state index contributed by atoms with van der Waals surface area (Å²) in [4.78, 5) is 56.8. The van der Waals surface area contributed by atoms with Crippen molar-refractivity contribution in [2.45, 2.75) is 65.7 Å². The number of amides is 3. The van der Waals surface area contributed by atoms with Crippen LogP contribution in [0.4, 0.5) is 17.2 Å². The van der Waals surface area contributed by atoms with Crippen LogP contribution in [-0.4, -0.2) is 89.1 Å². The highest BCUT2D eigenvalue weighted by atomic mass is 16.5. The number of imide groups is 1. The molecule has 2 aromatic carbocycles. The minimum atomic E-state index is -0.408. The second-order valence-corrected chi connectivity index (χ2v) is 17.3. The average molecular weight is 819 g/mol. The van der Waals surface area contributed by atoms with Crippen LogP contribution in [0.3, 0.4) is 0 Å². The zero-order valence-corrected chi connectivity index (χ0v) is 35.4. The van der Waals surface area contributed by atoms with Crippen molar-refractivity contribution in [3.63, 3.8) is 0 Å². The molecule has 0 bridgehead atoms. The summed E-state index contributed by atoms with van der Waals surface area (Å²) in [5.74, 6) is 0.720. The van der Waals surface area contributed by atoms with Crippen molar-refractivity contribution in [2.75, 3.05) is 56.5 Å². The van der Waals surface area contributed by atoms with E-state index < -0.39 is 5.92 Å². The van der Waals surface area contributed by atoms with Gasteiger partial charge in [-0.25, -0.2) is 9.97 Å². The van der Waals surface area contributed by atoms with E-state index in [0.29, 0.717) is 38.3 Å². The Balaban J connectivity index is 0.768. The van der Waals surface area contributed by atoms with E-state index in [9.17, 15) is 14.4 Å². The van der Waals surface area contributed by atoms with Crippen molar-refractivity contribution in [2.24, 2.45) is 16.3 Å². The number of hydrogen-bond donors (Lipinski definition) is 3. The number of ether oxygens (including phenoxy) is 1. The lowest BCUT2D eigenvalue weighted by Crippen LogP contribution is -2.60. The molecular weight excluding hydrogens is 765 g/mol. The fourth-order valence-corrected chi connectivity index (χ4v) is 9.38. The van der Waals surface area contributed by atoms with Gasteiger partial charge in [0.15, 0.2) is 0 Å². The first-order valence-corrected chi connectivity index (χ1v) is 21.8. The van der Waals surface area contributed by atoms with E-state index in [4.69, 9.17) is 9.73 Å². The van der Waals surface area contributed by atoms with E-state index in [1.807, 2.05) is 41.6 Å². The molecule has 1 unspecified atom stereocenters. The number of nitrogens with zero attached hydrogens (tertiary/aromatic N) is 5. The summed E-state index contributed by atoms with van der Waals surface area (Å²) in [5.41, 5.74) is 10.6. The summed E-state index contributed by atoms with van der Waals surface area (Å²) in [6.07, 6.45) is 15.2. The number of carbonyl (C=O) groups excluding carboxylic acids is 3. The lowest BCUT2D eigenvalue weighted by Gasteiger charge is -2.55. The number of aliphatic imine (C=N–C) groups is 1. The average Bonchev–Trinajstić information content (AvgIpc) is 3.45. The van der Waals surface area contributed by atoms with Gasteiger partial charge in [-0.1, -0.05) is 48.9 Å². The van der Waals surface area contributed by atoms with Crippen molar-refractivity contribution in [1.82, 2.24) is 25.1 Å². The SMILES string of the molecule is CCCN=C(C1=C(C)CC=C(N2CC3(CCN(C(=O)Cc4ccc(Nc5cc6cc(-c7cnc8c(c7C)NCCO8)ccc6cn5)cc4)CC3)C2)C=C1)C1CCC(=O)NC1=O. The van der Waals surface area contributed by atoms with Crippen molar-refractivity contribution in [1.29, 1.82) is 0 Å². The van der Waals surface area contributed by atoms with Gasteiger partial charge in [-0.15, -0.1) is 0 Å². The first-order valence-electron chi connectivity index (χ1n) is 21.8. The maximum atomic E-state index is 13.5. The molecule has 0 saturated carbocycles. The zero-order valence-electron chi connectivity index (χ0n) is 35.4. The molecule has 2 aromatic heterocycles. The largest absolute Gasteiger partial charge is 0.474 e. The Labute approximate surface area is 357 Å². The van der Waals surface area contributed by atoms with Gasteiger partial charge in [0.2, 0.25) is 23.6 Å². The Kier molecular flexibility index (Phi) is 11.2. The molecule has 6 heterocycles. The second-order valence-electron chi connectivity index (χ2n) is 17.3. The standard InChI is InChI=1S/C49H54N8O4/c1-4-19-50-46(40-15-16-43(58)55-47(40)60)39-14-13-38(12-5-31(39)2)57-29-49(30-57)17-21-56(22-18-49)44(59)24-33-6-10-37(11-7-33)54-42-26-36-25-34(8-9-35(36)27-52-42)41-28-53-48-45(32(41)3)51-20-23-61-48/h6-14,25-28,40,51H,4-5,15-24,29-30H2,1-3H3,(H,52,54)(H,55,58,60). The highest BCUT2D eigenvalue weighted by molar-refractivity contribution is 6.18. The van der Waals surface area contributed by atoms with Gasteiger partial charge < -0.3 is 25.2 Å². The third kappa shape index (κ3) is 8.40. The number of likely N-dealkylation sites (tertiary alicyclic amines) is 2. The van der Waals surface area contributed by atoms with Crippen LogP contribution < -0.4 is 20.7 Å². The number of anilines is 3. The monoisotopic (exact) mass is 818 g/mol. The Bertz CT molecular complexity index is 2510. The molecule has 0 radical (unpaired) electrons. The minimum absolute atomic E-state index is 0.173. The molecule has 12 nitrogen and oxygen atoms in total. The summed E-state index contributed by atoms with van der Waals surface area (Å²) in [5, 5.41) is 11.5. The van der Waals surface area contributed by atoms with E-state index in [0.717, 1.165) is 120 Å². The molecule has 3 N–H and O–H groups in total. The van der Waals surface area contributed by atoms with Crippen LogP contribution in [0.1, 0.15) is 63.5 Å². The van der Waals surface area contributed by atoms with Crippen molar-refractivity contribution in [3.8, 4) is 17.0 Å². The number of benzene rings is 2. The maximum absolute atomic E-state index is 13.5. The number of hydrogen-bond acceptors (Lipinski definition) is 10. The predicted octanol–water partition coefficient (Wildman–Crippen LogP) is 7.68. The van der Waals surface area contributed by atoms with Gasteiger partial charge in [0.05, 0.1) is 18.1 Å². The first kappa shape index (κ1) is 40.1. The van der Waals surface area contributed by atoms with Crippen molar-refractivity contribution < 1.29 is 19.1 Å². The first-order chi connectivity index (χ1) is 29.6. The zero-order chi connectivity index (χ0) is 42.1. The molecule has 4 aliphatic heterocycles. The fraction of sp³-hybridized carbons (Fsp3) is 0.388. The van der Waals surface area contributed by atoms with Crippen LogP contribution in [0, 0.1) is 18.3 Å². The van der Waals surface area contributed by atoms with Crippen LogP contribution in [0.2, 0.25) is 0 Å². The topological polar surface area (TPSA) is 141 Å². The molecule has 12 heteroatoms. The Morgan fingerprint density at radius 2 is 1.82 bits per heavy atom. The Morgan fingerprint density at radius 1 is 1.00 bits per heavy atom. The van der Waals surface area contributed by atoms with E-state index in [1.165, 1.54) is 11.3 Å². The number of aromatic nitrogens is 2. The van der Waals surface area contributed by atoms with E-state index in [2.05, 4.69) is 94.1 Å². The lowest BCUT2D eigenvalue weighted by atomic mass is 9.71. The molecule has 61 heavy (non-hydrogen) atoms. The molecule has 4 aromatic rings. The molecular formula is C49H54N8O4. The number of pyridine rings is 2. The van der Waals surface area contributed by atoms with Crippen LogP contribution in [0.5, 0.6) is 5.88 Å². The molecule has 1 atom stereocenters. The van der Waals surface area contributed by atoms with Gasteiger partial charge in [-0.05, 0) is 104 Å². The van der Waals surface area contributed by atoms with E-state index in [1.54, 1.807) is 0 Å². The minimum Gasteiger partial charge on any atom is -0.474 e. The predicted molar refractivity (Wildman–Crippen MR) is 240 cm³/mol. The highest BCUT2D eigenvalue weighted by Crippen LogP contribution is 2.43. The third-order valence-electron chi connectivity index (χ3n) is 13.0. The second kappa shape index (κ2) is 17.0. The van der Waals surface area contributed by atoms with Crippen LogP contribution in [0.15, 0.2) is 101 Å². The van der Waals surface area contributed by atoms with E-state index in [-0.39, 0.29) is 23.1 Å². The molecule has 1 aliphatic carbocycles. The summed E-state index contributed by atoms with van der Waals surface area (Å²) < 4.78 is 5.73. The number of allylic oxidation sites excluding steroid dienone is 5. The van der Waals surface area contributed by atoms with Crippen molar-refractivity contribution >= 4 is 51.4 Å². The summed E-state index contributed by atoms with van der Waals surface area (Å²) in [7, 11) is 0. The number of piperidine rings is 2. The molecule has 5 aliphatic rings. The highest BCUT2D eigenvalue weighted by Gasteiger charge is 2.46. The van der Waals surface area contributed by atoms with Crippen LogP contribution >= 0.6 is 0 Å². The van der Waals surface area contributed by atoms with Gasteiger partial charge in [-0.3, -0.25) is 24.7 Å². The Morgan fingerprint density at radius 3 is 2.61 bits per heavy atom. The smallest absolute Gasteiger partial charge is 0.237 e. The van der Waals surface area contributed by atoms with Crippen LogP contribution in [-0.2, 0) is 20.8 Å².